The molecule has 1 atom stereocenters. The average Bonchev–Trinajstić information content (AvgIpc) is 2.35. The molecular formula is C14H17BrN2O. The van der Waals surface area contributed by atoms with Gasteiger partial charge in [0.25, 0.3) is 0 Å². The van der Waals surface area contributed by atoms with Gasteiger partial charge >= 0.3 is 0 Å². The van der Waals surface area contributed by atoms with E-state index in [2.05, 4.69) is 26.2 Å². The first kappa shape index (κ1) is 13.3. The number of para-hydroxylation sites is 1. The predicted molar refractivity (Wildman–Crippen MR) is 78.8 cm³/mol. The second kappa shape index (κ2) is 5.67. The molecule has 1 aromatic carbocycles. The number of benzene rings is 1. The number of hydrogen-bond acceptors (Lipinski definition) is 3. The number of nitrogens with zero attached hydrogens (tertiary/aromatic N) is 1. The highest BCUT2D eigenvalue weighted by molar-refractivity contribution is 9.10. The van der Waals surface area contributed by atoms with Gasteiger partial charge in [-0.1, -0.05) is 26.0 Å². The Hall–Kier alpha value is -1.13. The van der Waals surface area contributed by atoms with Crippen LogP contribution >= 0.6 is 15.9 Å². The molecular weight excluding hydrogens is 292 g/mol. The second-order valence-electron chi connectivity index (χ2n) is 4.72. The van der Waals surface area contributed by atoms with Crippen LogP contribution in [0.2, 0.25) is 0 Å². The van der Waals surface area contributed by atoms with Crippen molar-refractivity contribution in [2.45, 2.75) is 20.0 Å². The third-order valence-corrected chi connectivity index (χ3v) is 3.38. The van der Waals surface area contributed by atoms with E-state index >= 15 is 0 Å². The van der Waals surface area contributed by atoms with Gasteiger partial charge in [-0.05, 0) is 34.0 Å². The zero-order valence-corrected chi connectivity index (χ0v) is 12.1. The van der Waals surface area contributed by atoms with Crippen LogP contribution in [0.5, 0.6) is 0 Å². The largest absolute Gasteiger partial charge is 0.391 e. The van der Waals surface area contributed by atoms with Crippen molar-refractivity contribution >= 4 is 32.5 Å². The standard InChI is InChI=1S/C14H17BrN2O/c1-9(2)13(18)8-16-12-5-3-4-10-6-11(15)7-17-14(10)12/h3-7,9,13,16,18H,8H2,1-2H3. The zero-order valence-electron chi connectivity index (χ0n) is 10.5. The SMILES string of the molecule is CC(C)C(O)CNc1cccc2cc(Br)cnc12. The molecule has 0 saturated carbocycles. The normalized spacial score (nSPS) is 12.9. The molecule has 3 nitrogen and oxygen atoms in total. The van der Waals surface area contributed by atoms with Crippen LogP contribution in [-0.2, 0) is 0 Å². The number of anilines is 1. The fourth-order valence-electron chi connectivity index (χ4n) is 1.73. The molecule has 2 N–H and O–H groups in total. The second-order valence-corrected chi connectivity index (χ2v) is 5.64. The van der Waals surface area contributed by atoms with E-state index in [0.717, 1.165) is 21.1 Å². The Morgan fingerprint density at radius 2 is 2.17 bits per heavy atom. The van der Waals surface area contributed by atoms with Crippen LogP contribution in [0, 0.1) is 5.92 Å². The first-order chi connectivity index (χ1) is 8.58. The smallest absolute Gasteiger partial charge is 0.0934 e. The molecule has 0 aliphatic carbocycles. The van der Waals surface area contributed by atoms with Crippen molar-refractivity contribution < 1.29 is 5.11 Å². The summed E-state index contributed by atoms with van der Waals surface area (Å²) in [7, 11) is 0. The molecule has 2 rings (SSSR count). The molecule has 0 radical (unpaired) electrons. The first-order valence-corrected chi connectivity index (χ1v) is 6.83. The van der Waals surface area contributed by atoms with Gasteiger partial charge in [0.1, 0.15) is 0 Å². The lowest BCUT2D eigenvalue weighted by atomic mass is 10.1. The predicted octanol–water partition coefficient (Wildman–Crippen LogP) is 3.43. The van der Waals surface area contributed by atoms with Crippen LogP contribution in [0.25, 0.3) is 10.9 Å². The summed E-state index contributed by atoms with van der Waals surface area (Å²) in [6.07, 6.45) is 1.43. The molecule has 0 saturated heterocycles. The van der Waals surface area contributed by atoms with Gasteiger partial charge in [-0.2, -0.15) is 0 Å². The Kier molecular flexibility index (Phi) is 4.19. The van der Waals surface area contributed by atoms with Crippen molar-refractivity contribution in [3.8, 4) is 0 Å². The molecule has 18 heavy (non-hydrogen) atoms. The minimum Gasteiger partial charge on any atom is -0.391 e. The summed E-state index contributed by atoms with van der Waals surface area (Å²) in [5.41, 5.74) is 1.89. The molecule has 1 aromatic heterocycles. The maximum atomic E-state index is 9.81. The lowest BCUT2D eigenvalue weighted by Crippen LogP contribution is -2.24. The average molecular weight is 309 g/mol. The Morgan fingerprint density at radius 1 is 1.39 bits per heavy atom. The summed E-state index contributed by atoms with van der Waals surface area (Å²) in [4.78, 5) is 4.41. The van der Waals surface area contributed by atoms with Crippen molar-refractivity contribution in [2.24, 2.45) is 5.92 Å². The minimum atomic E-state index is -0.351. The maximum Gasteiger partial charge on any atom is 0.0934 e. The molecule has 1 heterocycles. The van der Waals surface area contributed by atoms with Crippen molar-refractivity contribution in [2.75, 3.05) is 11.9 Å². The number of hydrogen-bond donors (Lipinski definition) is 2. The van der Waals surface area contributed by atoms with Crippen LogP contribution in [0.1, 0.15) is 13.8 Å². The van der Waals surface area contributed by atoms with Crippen LogP contribution < -0.4 is 5.32 Å². The number of nitrogens with one attached hydrogen (secondary N) is 1. The maximum absolute atomic E-state index is 9.81. The molecule has 0 bridgehead atoms. The van der Waals surface area contributed by atoms with Gasteiger partial charge in [0.15, 0.2) is 0 Å². The molecule has 0 aliphatic rings. The molecule has 96 valence electrons. The fourth-order valence-corrected chi connectivity index (χ4v) is 2.08. The van der Waals surface area contributed by atoms with Gasteiger partial charge in [0.2, 0.25) is 0 Å². The molecule has 0 amide bonds. The van der Waals surface area contributed by atoms with Crippen molar-refractivity contribution in [3.63, 3.8) is 0 Å². The first-order valence-electron chi connectivity index (χ1n) is 6.04. The lowest BCUT2D eigenvalue weighted by molar-refractivity contribution is 0.138. The number of aliphatic hydroxyl groups excluding tert-OH is 1. The molecule has 0 aliphatic heterocycles. The van der Waals surface area contributed by atoms with Gasteiger partial charge in [-0.15, -0.1) is 0 Å². The Balaban J connectivity index is 2.23. The quantitative estimate of drug-likeness (QED) is 0.909. The molecule has 1 unspecified atom stereocenters. The van der Waals surface area contributed by atoms with E-state index in [1.165, 1.54) is 0 Å². The minimum absolute atomic E-state index is 0.245. The Labute approximate surface area is 115 Å². The summed E-state index contributed by atoms with van der Waals surface area (Å²) in [6, 6.07) is 8.03. The highest BCUT2D eigenvalue weighted by Crippen LogP contribution is 2.24. The number of pyridine rings is 1. The van der Waals surface area contributed by atoms with E-state index in [1.807, 2.05) is 38.1 Å². The van der Waals surface area contributed by atoms with Crippen molar-refractivity contribution in [3.05, 3.63) is 34.9 Å². The van der Waals surface area contributed by atoms with Crippen molar-refractivity contribution in [1.82, 2.24) is 4.98 Å². The fraction of sp³-hybridized carbons (Fsp3) is 0.357. The van der Waals surface area contributed by atoms with Crippen LogP contribution in [0.4, 0.5) is 5.69 Å². The summed E-state index contributed by atoms with van der Waals surface area (Å²) in [6.45, 7) is 4.55. The molecule has 2 aromatic rings. The monoisotopic (exact) mass is 308 g/mol. The van der Waals surface area contributed by atoms with Crippen LogP contribution in [0.15, 0.2) is 34.9 Å². The number of aromatic nitrogens is 1. The van der Waals surface area contributed by atoms with Crippen LogP contribution in [0.3, 0.4) is 0 Å². The van der Waals surface area contributed by atoms with E-state index in [4.69, 9.17) is 0 Å². The molecule has 4 heteroatoms. The number of halogens is 1. The van der Waals surface area contributed by atoms with Crippen LogP contribution in [-0.4, -0.2) is 22.7 Å². The number of aliphatic hydroxyl groups is 1. The molecule has 0 spiro atoms. The highest BCUT2D eigenvalue weighted by atomic mass is 79.9. The summed E-state index contributed by atoms with van der Waals surface area (Å²) in [5.74, 6) is 0.245. The number of rotatable bonds is 4. The number of fused-ring (bicyclic) bond motifs is 1. The van der Waals surface area contributed by atoms with E-state index in [-0.39, 0.29) is 12.0 Å². The van der Waals surface area contributed by atoms with Gasteiger partial charge in [0.05, 0.1) is 17.3 Å². The van der Waals surface area contributed by atoms with E-state index in [0.29, 0.717) is 6.54 Å². The topological polar surface area (TPSA) is 45.1 Å². The highest BCUT2D eigenvalue weighted by Gasteiger charge is 2.09. The zero-order chi connectivity index (χ0) is 13.1. The van der Waals surface area contributed by atoms with E-state index in [1.54, 1.807) is 6.20 Å². The third-order valence-electron chi connectivity index (χ3n) is 2.95. The van der Waals surface area contributed by atoms with Gasteiger partial charge < -0.3 is 10.4 Å². The van der Waals surface area contributed by atoms with Gasteiger partial charge in [0, 0.05) is 22.6 Å². The van der Waals surface area contributed by atoms with Gasteiger partial charge in [-0.25, -0.2) is 0 Å². The summed E-state index contributed by atoms with van der Waals surface area (Å²) in [5, 5.41) is 14.2. The summed E-state index contributed by atoms with van der Waals surface area (Å²) >= 11 is 3.42. The van der Waals surface area contributed by atoms with E-state index < -0.39 is 0 Å². The Morgan fingerprint density at radius 3 is 2.89 bits per heavy atom. The third kappa shape index (κ3) is 3.00. The Bertz CT molecular complexity index is 542. The lowest BCUT2D eigenvalue weighted by Gasteiger charge is -2.16. The van der Waals surface area contributed by atoms with E-state index in [9.17, 15) is 5.11 Å². The molecule has 0 fully saturated rings. The van der Waals surface area contributed by atoms with Gasteiger partial charge in [-0.3, -0.25) is 4.98 Å². The summed E-state index contributed by atoms with van der Waals surface area (Å²) < 4.78 is 0.967. The van der Waals surface area contributed by atoms with Crippen molar-refractivity contribution in [1.29, 1.82) is 0 Å².